The first-order chi connectivity index (χ1) is 16.6. The van der Waals surface area contributed by atoms with Crippen LogP contribution >= 0.6 is 0 Å². The molecule has 4 saturated carbocycles. The Hall–Kier alpha value is -0.950. The van der Waals surface area contributed by atoms with Crippen LogP contribution < -0.4 is 0 Å². The fourth-order valence-corrected chi connectivity index (χ4v) is 10.8. The van der Waals surface area contributed by atoms with Crippen LogP contribution in [0.4, 0.5) is 0 Å². The van der Waals surface area contributed by atoms with E-state index in [9.17, 15) is 30.3 Å². The van der Waals surface area contributed by atoms with Gasteiger partial charge in [0.25, 0.3) is 0 Å². The third-order valence-corrected chi connectivity index (χ3v) is 13.4. The molecule has 0 radical (unpaired) electrons. The van der Waals surface area contributed by atoms with E-state index in [2.05, 4.69) is 33.8 Å². The minimum atomic E-state index is -1.35. The van der Waals surface area contributed by atoms with E-state index in [0.717, 1.165) is 25.7 Å². The molecule has 0 spiro atoms. The second kappa shape index (κ2) is 7.80. The SMILES string of the molecule is CC1(C)C[C@H]2C3=CC[C@@H]4[C@@]5(C)CC[C@H](O)[C@](C)(CO)[C@@H]5CC[C@@]4(C)[C@]3(C)CC[C@@]2(C(=O)O)[C@@H](O)[C@@H]1O. The monoisotopic (exact) mass is 504 g/mol. The summed E-state index contributed by atoms with van der Waals surface area (Å²) in [6.45, 7) is 13.1. The predicted octanol–water partition coefficient (Wildman–Crippen LogP) is 4.15. The molecule has 5 aliphatic rings. The maximum absolute atomic E-state index is 12.8. The van der Waals surface area contributed by atoms with Crippen LogP contribution in [0, 0.1) is 50.2 Å². The number of aliphatic hydroxyl groups is 4. The average Bonchev–Trinajstić information content (AvgIpc) is 2.80. The lowest BCUT2D eigenvalue weighted by atomic mass is 9.33. The maximum Gasteiger partial charge on any atom is 0.313 e. The molecule has 11 atom stereocenters. The molecule has 0 aliphatic heterocycles. The predicted molar refractivity (Wildman–Crippen MR) is 137 cm³/mol. The molecule has 0 aromatic rings. The minimum absolute atomic E-state index is 0.00524. The van der Waals surface area contributed by atoms with Crippen molar-refractivity contribution in [3.05, 3.63) is 11.6 Å². The molecule has 6 heteroatoms. The fraction of sp³-hybridized carbons (Fsp3) is 0.900. The van der Waals surface area contributed by atoms with Crippen molar-refractivity contribution in [1.82, 2.24) is 0 Å². The van der Waals surface area contributed by atoms with Crippen LogP contribution in [0.15, 0.2) is 11.6 Å². The Morgan fingerprint density at radius 2 is 1.58 bits per heavy atom. The summed E-state index contributed by atoms with van der Waals surface area (Å²) in [5, 5.41) is 54.1. The topological polar surface area (TPSA) is 118 Å². The van der Waals surface area contributed by atoms with Gasteiger partial charge in [0.05, 0.1) is 24.9 Å². The summed E-state index contributed by atoms with van der Waals surface area (Å²) in [7, 11) is 0. The lowest BCUT2D eigenvalue weighted by molar-refractivity contribution is -0.231. The van der Waals surface area contributed by atoms with Gasteiger partial charge in [-0.1, -0.05) is 53.2 Å². The van der Waals surface area contributed by atoms with Crippen molar-refractivity contribution in [3.63, 3.8) is 0 Å². The summed E-state index contributed by atoms with van der Waals surface area (Å²) in [5.74, 6) is -0.676. The molecule has 5 rings (SSSR count). The zero-order chi connectivity index (χ0) is 26.7. The van der Waals surface area contributed by atoms with E-state index in [1.54, 1.807) is 0 Å². The fourth-order valence-electron chi connectivity index (χ4n) is 10.8. The molecule has 4 fully saturated rings. The van der Waals surface area contributed by atoms with Crippen molar-refractivity contribution in [3.8, 4) is 0 Å². The van der Waals surface area contributed by atoms with Crippen molar-refractivity contribution in [2.45, 2.75) is 111 Å². The van der Waals surface area contributed by atoms with Crippen molar-refractivity contribution in [1.29, 1.82) is 0 Å². The molecule has 0 unspecified atom stereocenters. The molecule has 6 nitrogen and oxygen atoms in total. The van der Waals surface area contributed by atoms with E-state index in [1.165, 1.54) is 5.57 Å². The van der Waals surface area contributed by atoms with E-state index in [4.69, 9.17) is 0 Å². The number of carbonyl (C=O) groups is 1. The van der Waals surface area contributed by atoms with E-state index in [0.29, 0.717) is 31.6 Å². The number of aliphatic carboxylic acids is 1. The Morgan fingerprint density at radius 1 is 0.917 bits per heavy atom. The molecular weight excluding hydrogens is 456 g/mol. The highest BCUT2D eigenvalue weighted by Crippen LogP contribution is 2.75. The minimum Gasteiger partial charge on any atom is -0.481 e. The van der Waals surface area contributed by atoms with Gasteiger partial charge in [0.2, 0.25) is 0 Å². The van der Waals surface area contributed by atoms with Gasteiger partial charge in [-0.05, 0) is 90.8 Å². The molecule has 36 heavy (non-hydrogen) atoms. The lowest BCUT2D eigenvalue weighted by Gasteiger charge is -2.71. The number of rotatable bonds is 2. The zero-order valence-corrected chi connectivity index (χ0v) is 23.0. The van der Waals surface area contributed by atoms with E-state index < -0.39 is 40.5 Å². The van der Waals surface area contributed by atoms with Crippen LogP contribution in [0.25, 0.3) is 0 Å². The molecule has 0 heterocycles. The summed E-state index contributed by atoms with van der Waals surface area (Å²) in [6, 6.07) is 0. The Bertz CT molecular complexity index is 974. The highest BCUT2D eigenvalue weighted by atomic mass is 16.4. The van der Waals surface area contributed by atoms with E-state index in [-0.39, 0.29) is 34.7 Å². The summed E-state index contributed by atoms with van der Waals surface area (Å²) in [4.78, 5) is 12.8. The second-order valence-electron chi connectivity index (χ2n) is 15.0. The molecule has 5 N–H and O–H groups in total. The van der Waals surface area contributed by atoms with Crippen LogP contribution in [-0.2, 0) is 4.79 Å². The first-order valence-corrected chi connectivity index (χ1v) is 14.2. The molecule has 0 aromatic carbocycles. The largest absolute Gasteiger partial charge is 0.481 e. The van der Waals surface area contributed by atoms with Gasteiger partial charge < -0.3 is 25.5 Å². The third kappa shape index (κ3) is 2.91. The van der Waals surface area contributed by atoms with Crippen molar-refractivity contribution in [2.75, 3.05) is 6.61 Å². The van der Waals surface area contributed by atoms with Gasteiger partial charge >= 0.3 is 5.97 Å². The number of hydrogen-bond donors (Lipinski definition) is 5. The van der Waals surface area contributed by atoms with Gasteiger partial charge in [-0.25, -0.2) is 0 Å². The van der Waals surface area contributed by atoms with Gasteiger partial charge in [-0.2, -0.15) is 0 Å². The smallest absolute Gasteiger partial charge is 0.313 e. The van der Waals surface area contributed by atoms with Crippen molar-refractivity contribution in [2.24, 2.45) is 50.2 Å². The first-order valence-electron chi connectivity index (χ1n) is 14.2. The number of hydrogen-bond acceptors (Lipinski definition) is 5. The van der Waals surface area contributed by atoms with E-state index in [1.807, 2.05) is 13.8 Å². The highest BCUT2D eigenvalue weighted by molar-refractivity contribution is 5.78. The molecule has 0 amide bonds. The second-order valence-corrected chi connectivity index (χ2v) is 15.0. The summed E-state index contributed by atoms with van der Waals surface area (Å²) in [5.41, 5.74) is -1.50. The number of allylic oxidation sites excluding steroid dienone is 2. The quantitative estimate of drug-likeness (QED) is 0.361. The normalized spacial score (nSPS) is 55.9. The van der Waals surface area contributed by atoms with Gasteiger partial charge in [0.15, 0.2) is 0 Å². The lowest BCUT2D eigenvalue weighted by Crippen LogP contribution is -2.69. The molecular formula is C30H48O6. The Morgan fingerprint density at radius 3 is 2.19 bits per heavy atom. The number of fused-ring (bicyclic) bond motifs is 7. The van der Waals surface area contributed by atoms with E-state index >= 15 is 0 Å². The van der Waals surface area contributed by atoms with Gasteiger partial charge in [0.1, 0.15) is 5.41 Å². The summed E-state index contributed by atoms with van der Waals surface area (Å²) >= 11 is 0. The van der Waals surface area contributed by atoms with Crippen LogP contribution in [0.3, 0.4) is 0 Å². The first kappa shape index (κ1) is 26.6. The van der Waals surface area contributed by atoms with Crippen LogP contribution in [0.1, 0.15) is 92.9 Å². The Kier molecular flexibility index (Phi) is 5.77. The highest BCUT2D eigenvalue weighted by Gasteiger charge is 2.72. The standard InChI is InChI=1S/C30H48O6/c1-25(2)15-18-17-7-8-20-26(3)11-10-21(32)27(4,16-31)19(26)9-12-29(20,6)28(17,5)13-14-30(18,24(35)36)23(34)22(25)33/h7,18-23,31-34H,8-16H2,1-6H3,(H,35,36)/t18-,19+,20+,21-,22-,23-,26-,27+,28+,29+,30-/m0/s1. The number of aliphatic hydroxyl groups excluding tert-OH is 4. The zero-order valence-electron chi connectivity index (χ0n) is 23.0. The summed E-state index contributed by atoms with van der Waals surface area (Å²) in [6.07, 6.45) is 5.50. The van der Waals surface area contributed by atoms with Crippen molar-refractivity contribution < 1.29 is 30.3 Å². The number of carboxylic acid groups (broad SMARTS) is 1. The van der Waals surface area contributed by atoms with Crippen molar-refractivity contribution >= 4 is 5.97 Å². The molecule has 0 bridgehead atoms. The maximum atomic E-state index is 12.8. The molecule has 0 saturated heterocycles. The Labute approximate surface area is 216 Å². The summed E-state index contributed by atoms with van der Waals surface area (Å²) < 4.78 is 0. The molecule has 0 aromatic heterocycles. The van der Waals surface area contributed by atoms with Gasteiger partial charge in [-0.3, -0.25) is 4.79 Å². The van der Waals surface area contributed by atoms with Gasteiger partial charge in [-0.15, -0.1) is 0 Å². The van der Waals surface area contributed by atoms with Crippen LogP contribution in [0.5, 0.6) is 0 Å². The van der Waals surface area contributed by atoms with Gasteiger partial charge in [0, 0.05) is 5.41 Å². The van der Waals surface area contributed by atoms with Crippen LogP contribution in [-0.4, -0.2) is 56.4 Å². The third-order valence-electron chi connectivity index (χ3n) is 13.4. The van der Waals surface area contributed by atoms with Crippen LogP contribution in [0.2, 0.25) is 0 Å². The number of carboxylic acids is 1. The average molecular weight is 505 g/mol. The molecule has 5 aliphatic carbocycles. The molecule has 204 valence electrons. The Balaban J connectivity index is 1.62.